The fourth-order valence-electron chi connectivity index (χ4n) is 2.78. The van der Waals surface area contributed by atoms with Crippen LogP contribution in [0.25, 0.3) is 16.9 Å². The van der Waals surface area contributed by atoms with Gasteiger partial charge in [-0.2, -0.15) is 13.2 Å². The second kappa shape index (κ2) is 7.14. The second-order valence-electron chi connectivity index (χ2n) is 7.72. The fourth-order valence-corrected chi connectivity index (χ4v) is 2.78. The number of hydrogen-bond donors (Lipinski definition) is 2. The number of alkyl halides is 3. The van der Waals surface area contributed by atoms with E-state index in [1.165, 1.54) is 28.7 Å². The van der Waals surface area contributed by atoms with Crippen molar-refractivity contribution in [3.8, 4) is 11.3 Å². The van der Waals surface area contributed by atoms with E-state index in [2.05, 4.69) is 10.3 Å². The normalized spacial score (nSPS) is 13.5. The maximum atomic E-state index is 13.8. The topological polar surface area (TPSA) is 66.6 Å². The van der Waals surface area contributed by atoms with Crippen molar-refractivity contribution in [2.75, 3.05) is 5.32 Å². The smallest absolute Gasteiger partial charge is 0.383 e. The minimum absolute atomic E-state index is 0.00339. The lowest BCUT2D eigenvalue weighted by atomic mass is 9.88. The van der Waals surface area contributed by atoms with E-state index in [1.807, 2.05) is 0 Å². The predicted octanol–water partition coefficient (Wildman–Crippen LogP) is 4.50. The molecule has 29 heavy (non-hydrogen) atoms. The number of amides is 1. The van der Waals surface area contributed by atoms with Crippen molar-refractivity contribution in [2.24, 2.45) is 5.41 Å². The molecule has 2 aromatic heterocycles. The van der Waals surface area contributed by atoms with E-state index in [0.717, 1.165) is 18.3 Å². The Kier molecular flexibility index (Phi) is 5.12. The molecule has 3 aromatic rings. The quantitative estimate of drug-likeness (QED) is 0.626. The van der Waals surface area contributed by atoms with Crippen LogP contribution in [-0.2, 0) is 11.0 Å². The van der Waals surface area contributed by atoms with Gasteiger partial charge in [0.05, 0.1) is 11.3 Å². The van der Waals surface area contributed by atoms with Crippen LogP contribution in [0.4, 0.5) is 23.4 Å². The van der Waals surface area contributed by atoms with Gasteiger partial charge in [0.25, 0.3) is 5.91 Å². The minimum atomic E-state index is -4.50. The number of rotatable bonds is 3. The summed E-state index contributed by atoms with van der Waals surface area (Å²) in [5.41, 5.74) is -0.819. The zero-order valence-electron chi connectivity index (χ0n) is 15.9. The van der Waals surface area contributed by atoms with Crippen molar-refractivity contribution in [3.05, 3.63) is 54.0 Å². The first-order valence-corrected chi connectivity index (χ1v) is 8.72. The van der Waals surface area contributed by atoms with Crippen LogP contribution >= 0.6 is 0 Å². The molecule has 5 nitrogen and oxygen atoms in total. The molecule has 0 radical (unpaired) electrons. The van der Waals surface area contributed by atoms with E-state index in [9.17, 15) is 27.5 Å². The number of imidazole rings is 1. The summed E-state index contributed by atoms with van der Waals surface area (Å²) < 4.78 is 53.7. The number of aromatic nitrogens is 2. The van der Waals surface area contributed by atoms with Gasteiger partial charge in [-0.25, -0.2) is 9.37 Å². The Balaban J connectivity index is 2.10. The van der Waals surface area contributed by atoms with E-state index in [-0.39, 0.29) is 22.7 Å². The largest absolute Gasteiger partial charge is 0.416 e. The first kappa shape index (κ1) is 20.8. The third-order valence-corrected chi connectivity index (χ3v) is 4.38. The van der Waals surface area contributed by atoms with Crippen molar-refractivity contribution in [1.82, 2.24) is 9.38 Å². The molecule has 3 rings (SSSR count). The average molecular weight is 409 g/mol. The first-order chi connectivity index (χ1) is 13.4. The Labute approximate surface area is 164 Å². The van der Waals surface area contributed by atoms with Crippen molar-refractivity contribution in [2.45, 2.75) is 33.1 Å². The summed E-state index contributed by atoms with van der Waals surface area (Å²) in [6.45, 7) is 5.02. The molecule has 154 valence electrons. The average Bonchev–Trinajstić information content (AvgIpc) is 2.96. The molecule has 0 aliphatic rings. The lowest BCUT2D eigenvalue weighted by Crippen LogP contribution is -2.38. The van der Waals surface area contributed by atoms with Gasteiger partial charge in [0.15, 0.2) is 5.82 Å². The summed E-state index contributed by atoms with van der Waals surface area (Å²) >= 11 is 0. The van der Waals surface area contributed by atoms with Crippen LogP contribution in [0.5, 0.6) is 0 Å². The summed E-state index contributed by atoms with van der Waals surface area (Å²) in [4.78, 5) is 16.7. The highest BCUT2D eigenvalue weighted by Gasteiger charge is 2.32. The maximum Gasteiger partial charge on any atom is 0.416 e. The van der Waals surface area contributed by atoms with Crippen LogP contribution in [0.15, 0.2) is 42.6 Å². The van der Waals surface area contributed by atoms with Gasteiger partial charge in [0, 0.05) is 11.8 Å². The highest BCUT2D eigenvalue weighted by atomic mass is 19.4. The number of fused-ring (bicyclic) bond motifs is 1. The summed E-state index contributed by atoms with van der Waals surface area (Å²) in [5, 5.41) is 12.7. The lowest BCUT2D eigenvalue weighted by molar-refractivity contribution is -0.137. The van der Waals surface area contributed by atoms with E-state index < -0.39 is 35.0 Å². The molecule has 2 heterocycles. The Morgan fingerprint density at radius 3 is 2.28 bits per heavy atom. The molecule has 0 aliphatic carbocycles. The number of nitrogens with one attached hydrogen (secondary N) is 1. The number of carbonyl (C=O) groups excluding carboxylic acids is 1. The molecular formula is C20H19F4N3O2. The molecule has 0 spiro atoms. The molecular weight excluding hydrogens is 390 g/mol. The number of nitrogens with zero attached hydrogens (tertiary/aromatic N) is 2. The standard InChI is InChI=1S/C20H19F4N3O2/c1-19(2,3)16(28)18(29)26-17-15(27-10-13(21)8-9-14(27)25-17)11-4-6-12(7-5-11)20(22,23)24/h4-10,16,28H,1-3H3,(H,26,29)/t16-/m1/s1. The summed E-state index contributed by atoms with van der Waals surface area (Å²) in [5.74, 6) is -1.31. The Hall–Kier alpha value is -2.94. The Bertz CT molecular complexity index is 1050. The van der Waals surface area contributed by atoms with Gasteiger partial charge in [-0.05, 0) is 29.7 Å². The summed E-state index contributed by atoms with van der Waals surface area (Å²) in [6.07, 6.45) is -4.74. The van der Waals surface area contributed by atoms with Crippen LogP contribution < -0.4 is 5.32 Å². The minimum Gasteiger partial charge on any atom is -0.383 e. The van der Waals surface area contributed by atoms with Crippen LogP contribution in [0, 0.1) is 11.2 Å². The van der Waals surface area contributed by atoms with Gasteiger partial charge in [-0.15, -0.1) is 0 Å². The third kappa shape index (κ3) is 4.24. The number of hydrogen-bond acceptors (Lipinski definition) is 3. The van der Waals surface area contributed by atoms with Gasteiger partial charge in [0.2, 0.25) is 0 Å². The molecule has 1 amide bonds. The number of halogens is 4. The van der Waals surface area contributed by atoms with Crippen LogP contribution in [-0.4, -0.2) is 26.5 Å². The molecule has 0 unspecified atom stereocenters. The van der Waals surface area contributed by atoms with E-state index in [1.54, 1.807) is 20.8 Å². The van der Waals surface area contributed by atoms with Crippen LogP contribution in [0.1, 0.15) is 26.3 Å². The Morgan fingerprint density at radius 2 is 1.72 bits per heavy atom. The van der Waals surface area contributed by atoms with Gasteiger partial charge >= 0.3 is 6.18 Å². The molecule has 1 atom stereocenters. The number of pyridine rings is 1. The molecule has 0 aliphatic heterocycles. The zero-order chi connectivity index (χ0) is 21.6. The lowest BCUT2D eigenvalue weighted by Gasteiger charge is -2.24. The first-order valence-electron chi connectivity index (χ1n) is 8.72. The zero-order valence-corrected chi connectivity index (χ0v) is 15.9. The number of aliphatic hydroxyl groups is 1. The van der Waals surface area contributed by atoms with Crippen LogP contribution in [0.2, 0.25) is 0 Å². The fraction of sp³-hybridized carbons (Fsp3) is 0.300. The Morgan fingerprint density at radius 1 is 1.10 bits per heavy atom. The highest BCUT2D eigenvalue weighted by Crippen LogP contribution is 2.34. The maximum absolute atomic E-state index is 13.8. The predicted molar refractivity (Wildman–Crippen MR) is 99.7 cm³/mol. The van der Waals surface area contributed by atoms with Crippen molar-refractivity contribution < 1.29 is 27.5 Å². The van der Waals surface area contributed by atoms with Gasteiger partial charge in [-0.3, -0.25) is 9.20 Å². The molecule has 0 bridgehead atoms. The number of carbonyl (C=O) groups is 1. The number of benzene rings is 1. The second-order valence-corrected chi connectivity index (χ2v) is 7.72. The third-order valence-electron chi connectivity index (χ3n) is 4.38. The number of anilines is 1. The van der Waals surface area contributed by atoms with Gasteiger partial charge in [-0.1, -0.05) is 32.9 Å². The molecule has 2 N–H and O–H groups in total. The molecule has 0 saturated carbocycles. The monoisotopic (exact) mass is 409 g/mol. The van der Waals surface area contributed by atoms with Gasteiger partial charge < -0.3 is 10.4 Å². The molecule has 0 saturated heterocycles. The SMILES string of the molecule is CC(C)(C)[C@H](O)C(=O)Nc1nc2ccc(F)cn2c1-c1ccc(C(F)(F)F)cc1. The summed E-state index contributed by atoms with van der Waals surface area (Å²) in [7, 11) is 0. The van der Waals surface area contributed by atoms with Crippen LogP contribution in [0.3, 0.4) is 0 Å². The molecule has 0 fully saturated rings. The van der Waals surface area contributed by atoms with E-state index in [0.29, 0.717) is 0 Å². The highest BCUT2D eigenvalue weighted by molar-refractivity contribution is 5.97. The van der Waals surface area contributed by atoms with Crippen molar-refractivity contribution in [3.63, 3.8) is 0 Å². The van der Waals surface area contributed by atoms with Gasteiger partial charge in [0.1, 0.15) is 17.6 Å². The molecule has 1 aromatic carbocycles. The van der Waals surface area contributed by atoms with Crippen molar-refractivity contribution >= 4 is 17.4 Å². The molecule has 9 heteroatoms. The van der Waals surface area contributed by atoms with E-state index >= 15 is 0 Å². The van der Waals surface area contributed by atoms with E-state index in [4.69, 9.17) is 0 Å². The number of aliphatic hydroxyl groups excluding tert-OH is 1. The van der Waals surface area contributed by atoms with Crippen molar-refractivity contribution in [1.29, 1.82) is 0 Å². The summed E-state index contributed by atoms with van der Waals surface area (Å²) in [6, 6.07) is 6.76.